The number of para-hydroxylation sites is 2. The zero-order chi connectivity index (χ0) is 21.2. The Labute approximate surface area is 162 Å². The van der Waals surface area contributed by atoms with E-state index in [4.69, 9.17) is 4.42 Å². The lowest BCUT2D eigenvalue weighted by Crippen LogP contribution is -2.33. The number of benzene rings is 2. The van der Waals surface area contributed by atoms with E-state index >= 15 is 0 Å². The molecule has 2 amide bonds. The molecule has 7 nitrogen and oxygen atoms in total. The molecule has 2 N–H and O–H groups in total. The maximum atomic E-state index is 12.6. The number of rotatable bonds is 5. The van der Waals surface area contributed by atoms with Crippen LogP contribution >= 0.6 is 0 Å². The van der Waals surface area contributed by atoms with Gasteiger partial charge in [0.15, 0.2) is 5.58 Å². The van der Waals surface area contributed by atoms with E-state index in [-0.39, 0.29) is 11.3 Å². The van der Waals surface area contributed by atoms with Gasteiger partial charge in [0.1, 0.15) is 12.6 Å². The summed E-state index contributed by atoms with van der Waals surface area (Å²) in [6.07, 6.45) is -4.53. The smallest absolute Gasteiger partial charge is 0.408 e. The molecule has 1 aromatic heterocycles. The predicted molar refractivity (Wildman–Crippen MR) is 98.6 cm³/mol. The Bertz CT molecular complexity index is 1120. The molecule has 0 saturated carbocycles. The van der Waals surface area contributed by atoms with Crippen LogP contribution < -0.4 is 16.4 Å². The second-order valence-electron chi connectivity index (χ2n) is 6.25. The number of hydrogen-bond acceptors (Lipinski definition) is 4. The maximum Gasteiger partial charge on any atom is 0.420 e. The van der Waals surface area contributed by atoms with Crippen molar-refractivity contribution in [1.29, 1.82) is 0 Å². The van der Waals surface area contributed by atoms with Crippen molar-refractivity contribution >= 4 is 28.6 Å². The number of aromatic nitrogens is 1. The first-order valence-electron chi connectivity index (χ1n) is 8.51. The van der Waals surface area contributed by atoms with Gasteiger partial charge in [0.05, 0.1) is 5.52 Å². The summed E-state index contributed by atoms with van der Waals surface area (Å²) in [5.74, 6) is -2.19. The Morgan fingerprint density at radius 3 is 2.59 bits per heavy atom. The number of carbonyl (C=O) groups excluding carboxylic acids is 2. The van der Waals surface area contributed by atoms with Gasteiger partial charge < -0.3 is 15.1 Å². The van der Waals surface area contributed by atoms with Gasteiger partial charge >= 0.3 is 11.9 Å². The van der Waals surface area contributed by atoms with Gasteiger partial charge in [0, 0.05) is 11.3 Å². The van der Waals surface area contributed by atoms with Gasteiger partial charge in [-0.15, -0.1) is 0 Å². The second-order valence-corrected chi connectivity index (χ2v) is 6.25. The summed E-state index contributed by atoms with van der Waals surface area (Å²) in [4.78, 5) is 36.5. The fraction of sp³-hybridized carbons (Fsp3) is 0.211. The summed E-state index contributed by atoms with van der Waals surface area (Å²) in [6.45, 7) is 0.0362. The number of hydrogen-bond donors (Lipinski definition) is 2. The minimum atomic E-state index is -4.53. The number of fused-ring (bicyclic) bond motifs is 1. The molecule has 1 unspecified atom stereocenters. The van der Waals surface area contributed by atoms with Crippen LogP contribution in [0.4, 0.5) is 18.9 Å². The molecule has 0 saturated heterocycles. The number of nitrogens with one attached hydrogen (secondary N) is 2. The fourth-order valence-electron chi connectivity index (χ4n) is 2.74. The van der Waals surface area contributed by atoms with Crippen LogP contribution in [0.2, 0.25) is 0 Å². The number of alkyl halides is 3. The van der Waals surface area contributed by atoms with E-state index in [0.717, 1.165) is 0 Å². The predicted octanol–water partition coefficient (Wildman–Crippen LogP) is 3.09. The lowest BCUT2D eigenvalue weighted by molar-refractivity contribution is -0.123. The van der Waals surface area contributed by atoms with Gasteiger partial charge in [-0.25, -0.2) is 4.79 Å². The fourth-order valence-corrected chi connectivity index (χ4v) is 2.74. The first-order valence-corrected chi connectivity index (χ1v) is 8.51. The SMILES string of the molecule is CC(C(=O)Nc1cccc(C(=O)NCC(F)(F)F)c1)n1c(=O)oc2ccccc21. The molecule has 0 fully saturated rings. The third-order valence-electron chi connectivity index (χ3n) is 4.13. The highest BCUT2D eigenvalue weighted by atomic mass is 19.4. The molecule has 3 rings (SSSR count). The number of halogens is 3. The minimum absolute atomic E-state index is 0.0503. The van der Waals surface area contributed by atoms with Crippen molar-refractivity contribution in [2.24, 2.45) is 0 Å². The van der Waals surface area contributed by atoms with Crippen LogP contribution in [0.1, 0.15) is 23.3 Å². The van der Waals surface area contributed by atoms with Crippen LogP contribution in [0.15, 0.2) is 57.7 Å². The summed E-state index contributed by atoms with van der Waals surface area (Å²) in [6, 6.07) is 11.1. The van der Waals surface area contributed by atoms with E-state index in [0.29, 0.717) is 11.1 Å². The monoisotopic (exact) mass is 407 g/mol. The van der Waals surface area contributed by atoms with Crippen LogP contribution in [0.3, 0.4) is 0 Å². The molecule has 0 radical (unpaired) electrons. The van der Waals surface area contributed by atoms with Crippen molar-refractivity contribution in [2.75, 3.05) is 11.9 Å². The maximum absolute atomic E-state index is 12.6. The molecule has 2 aromatic carbocycles. The van der Waals surface area contributed by atoms with Gasteiger partial charge in [0.25, 0.3) is 5.91 Å². The van der Waals surface area contributed by atoms with Crippen LogP contribution in [0, 0.1) is 0 Å². The number of oxazole rings is 1. The Kier molecular flexibility index (Phi) is 5.44. The molecular formula is C19H16F3N3O4. The minimum Gasteiger partial charge on any atom is -0.408 e. The molecule has 0 bridgehead atoms. The Balaban J connectivity index is 1.76. The molecular weight excluding hydrogens is 391 g/mol. The van der Waals surface area contributed by atoms with Gasteiger partial charge in [-0.3, -0.25) is 14.2 Å². The van der Waals surface area contributed by atoms with Crippen molar-refractivity contribution in [2.45, 2.75) is 19.1 Å². The van der Waals surface area contributed by atoms with E-state index in [2.05, 4.69) is 5.32 Å². The molecule has 0 spiro atoms. The molecule has 0 aliphatic rings. The standard InChI is InChI=1S/C19H16F3N3O4/c1-11(25-14-7-2-3-8-15(14)29-18(25)28)16(26)24-13-6-4-5-12(9-13)17(27)23-10-19(20,21)22/h2-9,11H,10H2,1H3,(H,23,27)(H,24,26). The zero-order valence-electron chi connectivity index (χ0n) is 15.1. The number of anilines is 1. The quantitative estimate of drug-likeness (QED) is 0.680. The third kappa shape index (κ3) is 4.65. The highest BCUT2D eigenvalue weighted by molar-refractivity contribution is 5.98. The van der Waals surface area contributed by atoms with Gasteiger partial charge in [-0.05, 0) is 37.3 Å². The molecule has 0 aliphatic carbocycles. The molecule has 10 heteroatoms. The summed E-state index contributed by atoms with van der Waals surface area (Å²) in [5.41, 5.74) is 0.925. The first-order chi connectivity index (χ1) is 13.7. The highest BCUT2D eigenvalue weighted by Crippen LogP contribution is 2.19. The molecule has 1 atom stereocenters. The molecule has 0 aliphatic heterocycles. The first kappa shape index (κ1) is 20.2. The van der Waals surface area contributed by atoms with E-state index in [1.54, 1.807) is 29.6 Å². The van der Waals surface area contributed by atoms with Crippen molar-refractivity contribution in [3.05, 3.63) is 64.6 Å². The Morgan fingerprint density at radius 2 is 1.86 bits per heavy atom. The highest BCUT2D eigenvalue weighted by Gasteiger charge is 2.28. The van der Waals surface area contributed by atoms with Crippen LogP contribution in [0.5, 0.6) is 0 Å². The summed E-state index contributed by atoms with van der Waals surface area (Å²) < 4.78 is 43.0. The lowest BCUT2D eigenvalue weighted by atomic mass is 10.1. The van der Waals surface area contributed by atoms with Crippen LogP contribution in [-0.4, -0.2) is 29.1 Å². The summed E-state index contributed by atoms with van der Waals surface area (Å²) in [5, 5.41) is 4.30. The molecule has 152 valence electrons. The van der Waals surface area contributed by atoms with Gasteiger partial charge in [-0.1, -0.05) is 18.2 Å². The van der Waals surface area contributed by atoms with Gasteiger partial charge in [-0.2, -0.15) is 13.2 Å². The molecule has 3 aromatic rings. The normalized spacial score (nSPS) is 12.6. The average molecular weight is 407 g/mol. The third-order valence-corrected chi connectivity index (χ3v) is 4.13. The number of carbonyl (C=O) groups is 2. The van der Waals surface area contributed by atoms with Crippen LogP contribution in [0.25, 0.3) is 11.1 Å². The van der Waals surface area contributed by atoms with E-state index in [9.17, 15) is 27.6 Å². The number of amides is 2. The van der Waals surface area contributed by atoms with E-state index in [1.165, 1.54) is 35.8 Å². The largest absolute Gasteiger partial charge is 0.420 e. The van der Waals surface area contributed by atoms with E-state index < -0.39 is 36.3 Å². The summed E-state index contributed by atoms with van der Waals surface area (Å²) in [7, 11) is 0. The van der Waals surface area contributed by atoms with Crippen molar-refractivity contribution in [3.63, 3.8) is 0 Å². The van der Waals surface area contributed by atoms with E-state index in [1.807, 2.05) is 0 Å². The van der Waals surface area contributed by atoms with Crippen molar-refractivity contribution < 1.29 is 27.2 Å². The number of nitrogens with zero attached hydrogens (tertiary/aromatic N) is 1. The molecule has 1 heterocycles. The van der Waals surface area contributed by atoms with Gasteiger partial charge in [0.2, 0.25) is 5.91 Å². The van der Waals surface area contributed by atoms with Crippen molar-refractivity contribution in [3.8, 4) is 0 Å². The topological polar surface area (TPSA) is 93.3 Å². The lowest BCUT2D eigenvalue weighted by Gasteiger charge is -2.14. The Morgan fingerprint density at radius 1 is 1.14 bits per heavy atom. The van der Waals surface area contributed by atoms with Crippen molar-refractivity contribution in [1.82, 2.24) is 9.88 Å². The average Bonchev–Trinajstić information content (AvgIpc) is 3.00. The van der Waals surface area contributed by atoms with Crippen LogP contribution in [-0.2, 0) is 4.79 Å². The second kappa shape index (κ2) is 7.82. The zero-order valence-corrected chi connectivity index (χ0v) is 15.1. The Hall–Kier alpha value is -3.56. The molecule has 29 heavy (non-hydrogen) atoms. The summed E-state index contributed by atoms with van der Waals surface area (Å²) >= 11 is 0.